The van der Waals surface area contributed by atoms with Crippen LogP contribution >= 0.6 is 0 Å². The van der Waals surface area contributed by atoms with Crippen LogP contribution < -0.4 is 175 Å². The van der Waals surface area contributed by atoms with Gasteiger partial charge in [0.2, 0.25) is 0 Å². The molecule has 0 spiro atoms. The summed E-state index contributed by atoms with van der Waals surface area (Å²) in [5.41, 5.74) is 1.09. The molecule has 0 saturated carbocycles. The van der Waals surface area contributed by atoms with Crippen LogP contribution in [-0.4, -0.2) is 55.6 Å². The van der Waals surface area contributed by atoms with Crippen LogP contribution in [0.3, 0.4) is 0 Å². The van der Waals surface area contributed by atoms with Gasteiger partial charge in [-0.3, -0.25) is 9.59 Å². The van der Waals surface area contributed by atoms with Crippen LogP contribution in [0.1, 0.15) is 52.0 Å². The molecular formula is C24H32N3O6Rb3. The van der Waals surface area contributed by atoms with Crippen molar-refractivity contribution >= 4 is 35.0 Å². The van der Waals surface area contributed by atoms with Gasteiger partial charge in [-0.1, -0.05) is 38.1 Å². The number of carbonyl (C=O) groups is 5. The number of hydrogen-bond donors (Lipinski definition) is 0. The monoisotopic (exact) mass is 713 g/mol. The van der Waals surface area contributed by atoms with E-state index in [1.807, 2.05) is 13.8 Å². The summed E-state index contributed by atoms with van der Waals surface area (Å²) in [4.78, 5) is 57.8. The van der Waals surface area contributed by atoms with Crippen molar-refractivity contribution < 1.29 is 203 Å². The molecule has 0 radical (unpaired) electrons. The maximum absolute atomic E-state index is 11.9. The number of ketones is 2. The summed E-state index contributed by atoms with van der Waals surface area (Å²) in [6.07, 6.45) is 0.657. The fourth-order valence-corrected chi connectivity index (χ4v) is 2.75. The predicted molar refractivity (Wildman–Crippen MR) is 124 cm³/mol. The maximum Gasteiger partial charge on any atom is 1.00 e. The Kier molecular flexibility index (Phi) is 31.2. The summed E-state index contributed by atoms with van der Waals surface area (Å²) in [6, 6.07) is 6.46. The van der Waals surface area contributed by atoms with Gasteiger partial charge in [0.25, 0.3) is 0 Å². The van der Waals surface area contributed by atoms with E-state index in [9.17, 15) is 24.0 Å². The number of hydrogen-bond acceptors (Lipinski definition) is 6. The van der Waals surface area contributed by atoms with Gasteiger partial charge < -0.3 is 35.1 Å². The van der Waals surface area contributed by atoms with E-state index in [0.717, 1.165) is 5.56 Å². The molecule has 12 heteroatoms. The van der Waals surface area contributed by atoms with Gasteiger partial charge in [0, 0.05) is 26.1 Å². The Morgan fingerprint density at radius 3 is 2.00 bits per heavy atom. The Labute approximate surface area is 360 Å². The average molecular weight is 715 g/mol. The molecule has 0 fully saturated rings. The first-order valence-corrected chi connectivity index (χ1v) is 11.0. The Morgan fingerprint density at radius 1 is 0.806 bits per heavy atom. The minimum atomic E-state index is -0.613. The molecule has 0 saturated heterocycles. The summed E-state index contributed by atoms with van der Waals surface area (Å²) in [5, 5.41) is 11.6. The second kappa shape index (κ2) is 26.3. The van der Waals surface area contributed by atoms with Crippen LogP contribution in [0.5, 0.6) is 0 Å². The van der Waals surface area contributed by atoms with Crippen molar-refractivity contribution in [2.75, 3.05) is 26.3 Å². The van der Waals surface area contributed by atoms with E-state index in [-0.39, 0.29) is 224 Å². The van der Waals surface area contributed by atoms with Gasteiger partial charge in [-0.05, 0) is 31.2 Å². The van der Waals surface area contributed by atoms with Crippen molar-refractivity contribution in [1.29, 1.82) is 0 Å². The number of benzene rings is 1. The zero-order valence-corrected chi connectivity index (χ0v) is 37.3. The van der Waals surface area contributed by atoms with E-state index in [1.165, 1.54) is 6.92 Å². The van der Waals surface area contributed by atoms with Gasteiger partial charge in [-0.15, -0.1) is 18.8 Å². The van der Waals surface area contributed by atoms with Gasteiger partial charge >= 0.3 is 175 Å². The molecule has 9 nitrogen and oxygen atoms in total. The normalized spacial score (nSPS) is 9.67. The van der Waals surface area contributed by atoms with Crippen molar-refractivity contribution in [2.24, 2.45) is 5.92 Å². The van der Waals surface area contributed by atoms with Crippen LogP contribution in [0.2, 0.25) is 0 Å². The second-order valence-corrected chi connectivity index (χ2v) is 8.06. The Hall–Kier alpha value is 2.35. The van der Waals surface area contributed by atoms with Crippen LogP contribution in [0.4, 0.5) is 5.69 Å². The first-order chi connectivity index (χ1) is 15.7. The number of nitrogens with zero attached hydrogens (tertiary/aromatic N) is 3. The van der Waals surface area contributed by atoms with Crippen molar-refractivity contribution in [1.82, 2.24) is 0 Å². The number of amides is 3. The summed E-state index contributed by atoms with van der Waals surface area (Å²) >= 11 is 0. The topological polar surface area (TPSA) is 137 Å². The molecule has 0 unspecified atom stereocenters. The van der Waals surface area contributed by atoms with Gasteiger partial charge in [-0.2, -0.15) is 0 Å². The van der Waals surface area contributed by atoms with Gasteiger partial charge in [0.05, 0.1) is 24.1 Å². The van der Waals surface area contributed by atoms with Gasteiger partial charge in [0.15, 0.2) is 0 Å². The molecular weight excluding hydrogens is 683 g/mol. The third kappa shape index (κ3) is 24.2. The molecule has 1 aromatic carbocycles. The molecule has 1 aromatic rings. The fraction of sp³-hybridized carbons (Fsp3) is 0.542. The summed E-state index contributed by atoms with van der Waals surface area (Å²) in [6.45, 7) is 6.49. The first kappa shape index (κ1) is 42.8. The van der Waals surface area contributed by atoms with E-state index in [0.29, 0.717) is 31.7 Å². The van der Waals surface area contributed by atoms with Crippen LogP contribution in [0.15, 0.2) is 24.3 Å². The van der Waals surface area contributed by atoms with Crippen LogP contribution in [0, 0.1) is 5.92 Å². The maximum atomic E-state index is 11.9. The van der Waals surface area contributed by atoms with E-state index >= 15 is 0 Å². The fourth-order valence-electron chi connectivity index (χ4n) is 2.75. The Bertz CT molecular complexity index is 820. The zero-order chi connectivity index (χ0) is 24.6. The Balaban J connectivity index is -0.00000363. The van der Waals surface area contributed by atoms with E-state index in [2.05, 4.69) is 16.0 Å². The molecule has 0 aromatic heterocycles. The molecule has 0 aliphatic heterocycles. The summed E-state index contributed by atoms with van der Waals surface area (Å²) in [5.74, 6) is -1.35. The average Bonchev–Trinajstić information content (AvgIpc) is 2.70. The second-order valence-electron chi connectivity index (χ2n) is 8.06. The predicted octanol–water partition coefficient (Wildman–Crippen LogP) is -5.04. The first-order valence-electron chi connectivity index (χ1n) is 11.0. The molecule has 0 aliphatic rings. The minimum absolute atomic E-state index is 0. The number of ether oxygens (including phenoxy) is 1. The molecule has 0 N–H and O–H groups in total. The van der Waals surface area contributed by atoms with E-state index in [1.54, 1.807) is 24.3 Å². The number of rotatable bonds is 16. The van der Waals surface area contributed by atoms with E-state index in [4.69, 9.17) is 4.74 Å². The molecule has 0 heterocycles. The largest absolute Gasteiger partial charge is 1.00 e. The smallest absolute Gasteiger partial charge is 0.653 e. The molecule has 3 amide bonds. The van der Waals surface area contributed by atoms with Crippen molar-refractivity contribution in [3.05, 3.63) is 45.8 Å². The summed E-state index contributed by atoms with van der Waals surface area (Å²) < 4.78 is 5.34. The van der Waals surface area contributed by atoms with Crippen molar-refractivity contribution in [2.45, 2.75) is 52.9 Å². The quantitative estimate of drug-likeness (QED) is 0.124. The van der Waals surface area contributed by atoms with Gasteiger partial charge in [-0.25, -0.2) is 0 Å². The van der Waals surface area contributed by atoms with E-state index < -0.39 is 18.2 Å². The van der Waals surface area contributed by atoms with Gasteiger partial charge in [0.1, 0.15) is 11.6 Å². The van der Waals surface area contributed by atoms with Crippen molar-refractivity contribution in [3.8, 4) is 0 Å². The zero-order valence-electron chi connectivity index (χ0n) is 22.5. The standard InChI is InChI=1S/C24H35N3O6.3Rb/c1-17(2)13-22(30)25-9-4-11-33-12-10-26-23(31)16-24(32)27-20-7-5-19(6-8-20)15-21(29)14-18(3)28;;;/h5-8,17H,4,9-16H2,1-3H3,(H3,25,26,27,30,31,32);;;/q;3*+1/p-3. The molecule has 1 rings (SSSR count). The molecule has 0 bridgehead atoms. The van der Waals surface area contributed by atoms with Crippen LogP contribution in [0.25, 0.3) is 16.0 Å². The number of Topliss-reactive ketones (excluding diaryl/α,β-unsaturated/α-hetero) is 2. The third-order valence-electron chi connectivity index (χ3n) is 4.18. The SMILES string of the molecule is CC(=O)CC(=O)Cc1ccc([N-]C(=O)CC(=O)[N-]CCOCCC[N-]C(=O)CC(C)C)cc1.[Rb+].[Rb+].[Rb+]. The molecule has 0 aliphatic carbocycles. The number of carbonyl (C=O) groups excluding carboxylic acids is 5. The summed E-state index contributed by atoms with van der Waals surface area (Å²) in [7, 11) is 0. The molecule has 36 heavy (non-hydrogen) atoms. The third-order valence-corrected chi connectivity index (χ3v) is 4.18. The van der Waals surface area contributed by atoms with Crippen molar-refractivity contribution in [3.63, 3.8) is 0 Å². The van der Waals surface area contributed by atoms with Crippen LogP contribution in [-0.2, 0) is 35.1 Å². The molecule has 182 valence electrons. The minimum Gasteiger partial charge on any atom is -0.653 e. The Morgan fingerprint density at radius 2 is 1.42 bits per heavy atom. The molecule has 0 atom stereocenters.